The number of benzene rings is 2. The second-order valence-corrected chi connectivity index (χ2v) is 6.31. The average Bonchev–Trinajstić information content (AvgIpc) is 2.98. The first-order valence-corrected chi connectivity index (χ1v) is 8.15. The van der Waals surface area contributed by atoms with Crippen molar-refractivity contribution in [3.8, 4) is 5.75 Å². The van der Waals surface area contributed by atoms with Gasteiger partial charge in [-0.25, -0.2) is 4.39 Å². The molecular weight excluding hydrogens is 337 g/mol. The van der Waals surface area contributed by atoms with E-state index in [9.17, 15) is 9.18 Å². The van der Waals surface area contributed by atoms with Gasteiger partial charge in [-0.1, -0.05) is 17.3 Å². The van der Waals surface area contributed by atoms with Crippen LogP contribution in [0.25, 0.3) is 11.0 Å². The van der Waals surface area contributed by atoms with Crippen LogP contribution in [-0.2, 0) is 11.4 Å². The number of hydrogen-bond donors (Lipinski definition) is 1. The van der Waals surface area contributed by atoms with Crippen molar-refractivity contribution in [2.75, 3.05) is 26.0 Å². The smallest absolute Gasteiger partial charge is 0.239 e. The van der Waals surface area contributed by atoms with Crippen LogP contribution in [0.4, 0.5) is 10.2 Å². The minimum absolute atomic E-state index is 0.193. The number of aromatic nitrogens is 1. The number of amides is 1. The summed E-state index contributed by atoms with van der Waals surface area (Å²) in [6.07, 6.45) is 0. The highest BCUT2D eigenvalue weighted by atomic mass is 19.1. The van der Waals surface area contributed by atoms with Crippen molar-refractivity contribution in [1.82, 2.24) is 10.1 Å². The van der Waals surface area contributed by atoms with E-state index in [0.717, 1.165) is 11.1 Å². The fourth-order valence-corrected chi connectivity index (χ4v) is 2.58. The van der Waals surface area contributed by atoms with Gasteiger partial charge < -0.3 is 19.5 Å². The van der Waals surface area contributed by atoms with E-state index in [1.165, 1.54) is 12.1 Å². The van der Waals surface area contributed by atoms with Gasteiger partial charge in [-0.3, -0.25) is 4.79 Å². The largest absolute Gasteiger partial charge is 0.488 e. The Hall–Kier alpha value is -2.93. The summed E-state index contributed by atoms with van der Waals surface area (Å²) < 4.78 is 24.6. The molecule has 1 amide bonds. The summed E-state index contributed by atoms with van der Waals surface area (Å²) in [7, 11) is 3.60. The predicted molar refractivity (Wildman–Crippen MR) is 96.7 cm³/mol. The van der Waals surface area contributed by atoms with E-state index in [4.69, 9.17) is 9.26 Å². The first-order chi connectivity index (χ1) is 12.4. The summed E-state index contributed by atoms with van der Waals surface area (Å²) in [4.78, 5) is 13.8. The molecule has 3 aromatic rings. The second-order valence-electron chi connectivity index (χ2n) is 6.31. The van der Waals surface area contributed by atoms with Crippen LogP contribution >= 0.6 is 0 Å². The molecular formula is C19H20FN3O3. The molecule has 0 atom stereocenters. The molecule has 0 aliphatic rings. The first kappa shape index (κ1) is 17.9. The van der Waals surface area contributed by atoms with Gasteiger partial charge in [0.1, 0.15) is 23.6 Å². The number of ether oxygens (including phenoxy) is 1. The van der Waals surface area contributed by atoms with E-state index in [1.54, 1.807) is 43.3 Å². The highest BCUT2D eigenvalue weighted by Crippen LogP contribution is 2.32. The summed E-state index contributed by atoms with van der Waals surface area (Å²) in [6.45, 7) is 2.31. The number of hydrogen-bond acceptors (Lipinski definition) is 5. The number of carbonyl (C=O) groups excluding carboxylic acids is 1. The van der Waals surface area contributed by atoms with Crippen LogP contribution in [0, 0.1) is 12.7 Å². The van der Waals surface area contributed by atoms with E-state index >= 15 is 0 Å². The molecule has 0 aliphatic carbocycles. The molecule has 1 N–H and O–H groups in total. The third kappa shape index (κ3) is 4.00. The molecule has 136 valence electrons. The van der Waals surface area contributed by atoms with Crippen molar-refractivity contribution in [2.24, 2.45) is 0 Å². The highest BCUT2D eigenvalue weighted by Gasteiger charge is 2.16. The van der Waals surface area contributed by atoms with Gasteiger partial charge in [0.15, 0.2) is 11.4 Å². The Labute approximate surface area is 150 Å². The van der Waals surface area contributed by atoms with E-state index in [2.05, 4.69) is 10.5 Å². The summed E-state index contributed by atoms with van der Waals surface area (Å²) in [6, 6.07) is 9.84. The molecule has 0 bridgehead atoms. The lowest BCUT2D eigenvalue weighted by Gasteiger charge is -2.11. The highest BCUT2D eigenvalue weighted by molar-refractivity contribution is 6.02. The summed E-state index contributed by atoms with van der Waals surface area (Å²) >= 11 is 0. The number of aryl methyl sites for hydroxylation is 1. The molecule has 0 aliphatic heterocycles. The van der Waals surface area contributed by atoms with Crippen molar-refractivity contribution < 1.29 is 18.4 Å². The van der Waals surface area contributed by atoms with Gasteiger partial charge in [0, 0.05) is 0 Å². The molecule has 1 heterocycles. The van der Waals surface area contributed by atoms with Gasteiger partial charge in [0.05, 0.1) is 6.54 Å². The normalized spacial score (nSPS) is 11.1. The zero-order valence-electron chi connectivity index (χ0n) is 14.9. The lowest BCUT2D eigenvalue weighted by atomic mass is 10.1. The third-order valence-corrected chi connectivity index (χ3v) is 3.87. The van der Waals surface area contributed by atoms with Gasteiger partial charge in [0.2, 0.25) is 5.91 Å². The summed E-state index contributed by atoms with van der Waals surface area (Å²) in [5.74, 6) is 0.293. The maximum atomic E-state index is 13.5. The van der Waals surface area contributed by atoms with Gasteiger partial charge in [-0.2, -0.15) is 0 Å². The molecule has 0 radical (unpaired) electrons. The molecule has 0 saturated heterocycles. The lowest BCUT2D eigenvalue weighted by Crippen LogP contribution is -2.27. The third-order valence-electron chi connectivity index (χ3n) is 3.87. The molecule has 3 rings (SSSR count). The van der Waals surface area contributed by atoms with E-state index in [1.807, 2.05) is 6.92 Å². The van der Waals surface area contributed by atoms with E-state index in [0.29, 0.717) is 22.5 Å². The monoisotopic (exact) mass is 357 g/mol. The molecule has 0 saturated carbocycles. The number of carbonyl (C=O) groups is 1. The van der Waals surface area contributed by atoms with Gasteiger partial charge in [-0.05, 0) is 56.4 Å². The Morgan fingerprint density at radius 1 is 1.31 bits per heavy atom. The molecule has 2 aromatic carbocycles. The number of rotatable bonds is 6. The molecule has 7 heteroatoms. The van der Waals surface area contributed by atoms with Crippen molar-refractivity contribution >= 4 is 22.7 Å². The standard InChI is InChI=1S/C19H20FN3O3/c1-12-7-8-14(20)9-13(12)11-25-15-5-4-6-16-18(15)19(22-26-16)21-17(24)10-23(2)3/h4-9H,10-11H2,1-3H3,(H,21,22,24). The molecule has 1 aromatic heterocycles. The maximum Gasteiger partial charge on any atom is 0.239 e. The second kappa shape index (κ2) is 7.53. The minimum atomic E-state index is -0.311. The van der Waals surface area contributed by atoms with Crippen LogP contribution < -0.4 is 10.1 Å². The van der Waals surface area contributed by atoms with E-state index in [-0.39, 0.29) is 24.9 Å². The van der Waals surface area contributed by atoms with Crippen molar-refractivity contribution in [3.63, 3.8) is 0 Å². The Kier molecular flexibility index (Phi) is 5.18. The Morgan fingerprint density at radius 3 is 2.88 bits per heavy atom. The zero-order valence-corrected chi connectivity index (χ0v) is 14.9. The number of fused-ring (bicyclic) bond motifs is 1. The zero-order chi connectivity index (χ0) is 18.7. The Bertz CT molecular complexity index is 937. The van der Waals surface area contributed by atoms with Gasteiger partial charge in [-0.15, -0.1) is 0 Å². The average molecular weight is 357 g/mol. The van der Waals surface area contributed by atoms with Gasteiger partial charge >= 0.3 is 0 Å². The quantitative estimate of drug-likeness (QED) is 0.733. The fraction of sp³-hybridized carbons (Fsp3) is 0.263. The Balaban J connectivity index is 1.85. The molecule has 0 fully saturated rings. The summed E-state index contributed by atoms with van der Waals surface area (Å²) in [5.41, 5.74) is 2.18. The topological polar surface area (TPSA) is 67.6 Å². The van der Waals surface area contributed by atoms with Crippen LogP contribution in [0.5, 0.6) is 5.75 Å². The lowest BCUT2D eigenvalue weighted by molar-refractivity contribution is -0.116. The number of anilines is 1. The van der Waals surface area contributed by atoms with Crippen LogP contribution in [-0.4, -0.2) is 36.6 Å². The molecule has 0 spiro atoms. The molecule has 26 heavy (non-hydrogen) atoms. The first-order valence-electron chi connectivity index (χ1n) is 8.15. The van der Waals surface area contributed by atoms with Crippen LogP contribution in [0.3, 0.4) is 0 Å². The fourth-order valence-electron chi connectivity index (χ4n) is 2.58. The van der Waals surface area contributed by atoms with Crippen molar-refractivity contribution in [1.29, 1.82) is 0 Å². The Morgan fingerprint density at radius 2 is 2.12 bits per heavy atom. The number of likely N-dealkylation sites (N-methyl/N-ethyl adjacent to an activating group) is 1. The van der Waals surface area contributed by atoms with Crippen LogP contribution in [0.1, 0.15) is 11.1 Å². The van der Waals surface area contributed by atoms with Crippen LogP contribution in [0.2, 0.25) is 0 Å². The minimum Gasteiger partial charge on any atom is -0.488 e. The van der Waals surface area contributed by atoms with Crippen molar-refractivity contribution in [3.05, 3.63) is 53.3 Å². The van der Waals surface area contributed by atoms with E-state index < -0.39 is 0 Å². The number of nitrogens with one attached hydrogen (secondary N) is 1. The van der Waals surface area contributed by atoms with Gasteiger partial charge in [0.25, 0.3) is 0 Å². The predicted octanol–water partition coefficient (Wildman–Crippen LogP) is 3.35. The molecule has 6 nitrogen and oxygen atoms in total. The number of nitrogens with zero attached hydrogens (tertiary/aromatic N) is 2. The van der Waals surface area contributed by atoms with Crippen molar-refractivity contribution in [2.45, 2.75) is 13.5 Å². The molecule has 0 unspecified atom stereocenters. The maximum absolute atomic E-state index is 13.5. The summed E-state index contributed by atoms with van der Waals surface area (Å²) in [5, 5.41) is 7.23. The SMILES string of the molecule is Cc1ccc(F)cc1COc1cccc2onc(NC(=O)CN(C)C)c12. The number of halogens is 1. The van der Waals surface area contributed by atoms with Crippen LogP contribution in [0.15, 0.2) is 40.9 Å².